The average Bonchev–Trinajstić information content (AvgIpc) is 2.72. The molecule has 3 aromatic rings. The van der Waals surface area contributed by atoms with Crippen molar-refractivity contribution in [1.82, 2.24) is 5.32 Å². The predicted molar refractivity (Wildman–Crippen MR) is 107 cm³/mol. The molecule has 0 atom stereocenters. The number of amides is 1. The Morgan fingerprint density at radius 2 is 1.63 bits per heavy atom. The zero-order valence-electron chi connectivity index (χ0n) is 15.3. The average molecular weight is 362 g/mol. The second-order valence-electron chi connectivity index (χ2n) is 6.34. The van der Waals surface area contributed by atoms with Gasteiger partial charge in [-0.25, -0.2) is 4.39 Å². The fraction of sp³-hybridized carbons (Fsp3) is 0.174. The summed E-state index contributed by atoms with van der Waals surface area (Å²) in [6.07, 6.45) is 0.960. The molecule has 3 aromatic carbocycles. The van der Waals surface area contributed by atoms with Crippen LogP contribution < -0.4 is 10.6 Å². The minimum absolute atomic E-state index is 0.165. The van der Waals surface area contributed by atoms with Crippen LogP contribution in [0, 0.1) is 5.82 Å². The lowest BCUT2D eigenvalue weighted by Gasteiger charge is -2.12. The van der Waals surface area contributed by atoms with E-state index >= 15 is 0 Å². The molecule has 27 heavy (non-hydrogen) atoms. The number of aryl methyl sites for hydroxylation is 1. The van der Waals surface area contributed by atoms with Gasteiger partial charge in [-0.3, -0.25) is 4.79 Å². The Balaban J connectivity index is 1.62. The lowest BCUT2D eigenvalue weighted by Crippen LogP contribution is -2.23. The Hall–Kier alpha value is -3.14. The number of halogens is 1. The van der Waals surface area contributed by atoms with Crippen molar-refractivity contribution in [2.45, 2.75) is 26.4 Å². The maximum Gasteiger partial charge on any atom is 0.251 e. The molecule has 0 fully saturated rings. The number of nitrogens with one attached hydrogen (secondary N) is 2. The maximum atomic E-state index is 13.7. The largest absolute Gasteiger partial charge is 0.381 e. The van der Waals surface area contributed by atoms with Crippen molar-refractivity contribution in [2.24, 2.45) is 0 Å². The second kappa shape index (κ2) is 8.99. The van der Waals surface area contributed by atoms with Gasteiger partial charge in [0.1, 0.15) is 5.82 Å². The highest BCUT2D eigenvalue weighted by Gasteiger charge is 2.08. The zero-order valence-corrected chi connectivity index (χ0v) is 15.3. The first kappa shape index (κ1) is 18.6. The highest BCUT2D eigenvalue weighted by molar-refractivity contribution is 5.94. The summed E-state index contributed by atoms with van der Waals surface area (Å²) < 4.78 is 13.7. The van der Waals surface area contributed by atoms with Gasteiger partial charge in [0.15, 0.2) is 0 Å². The molecule has 0 aliphatic heterocycles. The van der Waals surface area contributed by atoms with E-state index in [4.69, 9.17) is 0 Å². The Morgan fingerprint density at radius 1 is 0.889 bits per heavy atom. The van der Waals surface area contributed by atoms with E-state index in [1.807, 2.05) is 30.3 Å². The van der Waals surface area contributed by atoms with Gasteiger partial charge in [0.25, 0.3) is 5.91 Å². The number of anilines is 1. The van der Waals surface area contributed by atoms with E-state index in [1.165, 1.54) is 11.6 Å². The van der Waals surface area contributed by atoms with Gasteiger partial charge < -0.3 is 10.6 Å². The van der Waals surface area contributed by atoms with Crippen LogP contribution in [-0.2, 0) is 19.5 Å². The summed E-state index contributed by atoms with van der Waals surface area (Å²) in [7, 11) is 0. The number of hydrogen-bond donors (Lipinski definition) is 2. The van der Waals surface area contributed by atoms with E-state index in [9.17, 15) is 9.18 Å². The van der Waals surface area contributed by atoms with E-state index in [0.29, 0.717) is 17.7 Å². The van der Waals surface area contributed by atoms with Gasteiger partial charge in [-0.1, -0.05) is 55.5 Å². The van der Waals surface area contributed by atoms with Gasteiger partial charge in [-0.15, -0.1) is 0 Å². The fourth-order valence-corrected chi connectivity index (χ4v) is 2.94. The molecule has 0 saturated carbocycles. The fourth-order valence-electron chi connectivity index (χ4n) is 2.94. The van der Waals surface area contributed by atoms with E-state index < -0.39 is 0 Å². The van der Waals surface area contributed by atoms with E-state index in [0.717, 1.165) is 17.7 Å². The molecule has 1 amide bonds. The summed E-state index contributed by atoms with van der Waals surface area (Å²) >= 11 is 0. The van der Waals surface area contributed by atoms with Crippen LogP contribution in [0.3, 0.4) is 0 Å². The summed E-state index contributed by atoms with van der Waals surface area (Å²) in [5.41, 5.74) is 4.42. The standard InChI is InChI=1S/C23H23FN2O/c1-2-18-9-4-6-13-22(18)25-15-17-8-7-11-19(14-17)23(27)26-16-20-10-3-5-12-21(20)24/h3-14,25H,2,15-16H2,1H3,(H,26,27). The molecular weight excluding hydrogens is 339 g/mol. The van der Waals surface area contributed by atoms with Crippen molar-refractivity contribution < 1.29 is 9.18 Å². The maximum absolute atomic E-state index is 13.7. The van der Waals surface area contributed by atoms with Crippen LogP contribution >= 0.6 is 0 Å². The molecule has 0 radical (unpaired) electrons. The third-order valence-corrected chi connectivity index (χ3v) is 4.47. The monoisotopic (exact) mass is 362 g/mol. The van der Waals surface area contributed by atoms with Crippen molar-refractivity contribution in [2.75, 3.05) is 5.32 Å². The first-order valence-electron chi connectivity index (χ1n) is 9.09. The molecule has 2 N–H and O–H groups in total. The molecule has 0 unspecified atom stereocenters. The number of rotatable bonds is 7. The first-order chi connectivity index (χ1) is 13.2. The van der Waals surface area contributed by atoms with Gasteiger partial charge in [-0.2, -0.15) is 0 Å². The Bertz CT molecular complexity index is 924. The number of benzene rings is 3. The highest BCUT2D eigenvalue weighted by atomic mass is 19.1. The molecule has 4 heteroatoms. The number of para-hydroxylation sites is 1. The van der Waals surface area contributed by atoms with E-state index in [2.05, 4.69) is 29.7 Å². The molecule has 0 saturated heterocycles. The van der Waals surface area contributed by atoms with Crippen LogP contribution in [0.1, 0.15) is 34.0 Å². The zero-order chi connectivity index (χ0) is 19.1. The van der Waals surface area contributed by atoms with Crippen LogP contribution in [0.25, 0.3) is 0 Å². The van der Waals surface area contributed by atoms with Crippen LogP contribution in [0.5, 0.6) is 0 Å². The number of carbonyl (C=O) groups is 1. The van der Waals surface area contributed by atoms with Gasteiger partial charge in [0, 0.05) is 29.9 Å². The van der Waals surface area contributed by atoms with Gasteiger partial charge in [-0.05, 0) is 41.8 Å². The molecule has 0 heterocycles. The third kappa shape index (κ3) is 4.94. The molecule has 3 rings (SSSR count). The smallest absolute Gasteiger partial charge is 0.251 e. The number of carbonyl (C=O) groups excluding carboxylic acids is 1. The summed E-state index contributed by atoms with van der Waals surface area (Å²) in [5.74, 6) is -0.528. The first-order valence-corrected chi connectivity index (χ1v) is 9.09. The summed E-state index contributed by atoms with van der Waals surface area (Å²) in [6.45, 7) is 2.92. The van der Waals surface area contributed by atoms with Gasteiger partial charge >= 0.3 is 0 Å². The molecule has 138 valence electrons. The number of hydrogen-bond acceptors (Lipinski definition) is 2. The topological polar surface area (TPSA) is 41.1 Å². The molecule has 0 aromatic heterocycles. The predicted octanol–water partition coefficient (Wildman–Crippen LogP) is 4.93. The Labute approximate surface area is 159 Å². The second-order valence-corrected chi connectivity index (χ2v) is 6.34. The minimum atomic E-state index is -0.314. The normalized spacial score (nSPS) is 10.4. The molecule has 0 spiro atoms. The molecule has 3 nitrogen and oxygen atoms in total. The quantitative estimate of drug-likeness (QED) is 0.626. The van der Waals surface area contributed by atoms with Crippen LogP contribution in [-0.4, -0.2) is 5.91 Å². The Kier molecular flexibility index (Phi) is 6.21. The molecular formula is C23H23FN2O. The van der Waals surface area contributed by atoms with Crippen molar-refractivity contribution in [3.63, 3.8) is 0 Å². The minimum Gasteiger partial charge on any atom is -0.381 e. The van der Waals surface area contributed by atoms with Crippen molar-refractivity contribution in [3.8, 4) is 0 Å². The summed E-state index contributed by atoms with van der Waals surface area (Å²) in [4.78, 5) is 12.4. The van der Waals surface area contributed by atoms with Crippen LogP contribution in [0.4, 0.5) is 10.1 Å². The lowest BCUT2D eigenvalue weighted by atomic mass is 10.1. The van der Waals surface area contributed by atoms with Gasteiger partial charge in [0.2, 0.25) is 0 Å². The molecule has 0 aliphatic carbocycles. The van der Waals surface area contributed by atoms with Crippen LogP contribution in [0.2, 0.25) is 0 Å². The van der Waals surface area contributed by atoms with Crippen molar-refractivity contribution in [3.05, 3.63) is 101 Å². The van der Waals surface area contributed by atoms with Crippen molar-refractivity contribution in [1.29, 1.82) is 0 Å². The molecule has 0 aliphatic rings. The summed E-state index contributed by atoms with van der Waals surface area (Å²) in [5, 5.41) is 6.21. The molecule has 0 bridgehead atoms. The SMILES string of the molecule is CCc1ccccc1NCc1cccc(C(=O)NCc2ccccc2F)c1. The van der Waals surface area contributed by atoms with E-state index in [-0.39, 0.29) is 18.3 Å². The van der Waals surface area contributed by atoms with Gasteiger partial charge in [0.05, 0.1) is 0 Å². The third-order valence-electron chi connectivity index (χ3n) is 4.47. The van der Waals surface area contributed by atoms with Crippen molar-refractivity contribution >= 4 is 11.6 Å². The summed E-state index contributed by atoms with van der Waals surface area (Å²) in [6, 6.07) is 22.1. The Morgan fingerprint density at radius 3 is 2.41 bits per heavy atom. The lowest BCUT2D eigenvalue weighted by molar-refractivity contribution is 0.0950. The van der Waals surface area contributed by atoms with E-state index in [1.54, 1.807) is 24.3 Å². The van der Waals surface area contributed by atoms with Crippen LogP contribution in [0.15, 0.2) is 72.8 Å². The highest BCUT2D eigenvalue weighted by Crippen LogP contribution is 2.17.